The Labute approximate surface area is 87.2 Å². The molecule has 0 saturated heterocycles. The summed E-state index contributed by atoms with van der Waals surface area (Å²) in [6.07, 6.45) is 2.76. The van der Waals surface area contributed by atoms with Crippen LogP contribution in [0, 0.1) is 0 Å². The second-order valence-electron chi connectivity index (χ2n) is 2.78. The molecule has 1 aromatic rings. The molecule has 0 aliphatic heterocycles. The molecule has 14 heavy (non-hydrogen) atoms. The third-order valence-electron chi connectivity index (χ3n) is 1.73. The summed E-state index contributed by atoms with van der Waals surface area (Å²) in [4.78, 5) is 21.7. The van der Waals surface area contributed by atoms with Crippen molar-refractivity contribution in [1.29, 1.82) is 0 Å². The lowest BCUT2D eigenvalue weighted by molar-refractivity contribution is -0.107. The highest BCUT2D eigenvalue weighted by Gasteiger charge is 2.02. The van der Waals surface area contributed by atoms with Crippen molar-refractivity contribution < 1.29 is 9.59 Å². The Morgan fingerprint density at radius 3 is 2.50 bits per heavy atom. The topological polar surface area (TPSA) is 34.1 Å². The normalized spacial score (nSPS) is 10.4. The smallest absolute Gasteiger partial charge is 0.245 e. The van der Waals surface area contributed by atoms with Crippen LogP contribution in [0.1, 0.15) is 22.8 Å². The number of ketones is 1. The molecule has 2 nitrogen and oxygen atoms in total. The molecule has 0 radical (unpaired) electrons. The number of hydrogen-bond acceptors (Lipinski definition) is 2. The third-order valence-corrected chi connectivity index (χ3v) is 1.86. The average molecular weight is 209 g/mol. The molecule has 0 aromatic heterocycles. The van der Waals surface area contributed by atoms with Gasteiger partial charge in [-0.1, -0.05) is 24.3 Å². The molecule has 0 saturated carbocycles. The van der Waals surface area contributed by atoms with Gasteiger partial charge in [-0.05, 0) is 36.2 Å². The first-order valence-electron chi connectivity index (χ1n) is 4.09. The summed E-state index contributed by atoms with van der Waals surface area (Å²) >= 11 is 5.15. The van der Waals surface area contributed by atoms with E-state index in [-0.39, 0.29) is 5.78 Å². The van der Waals surface area contributed by atoms with Crippen LogP contribution in [-0.2, 0) is 4.79 Å². The largest absolute Gasteiger partial charge is 0.294 e. The van der Waals surface area contributed by atoms with Crippen LogP contribution in [0.2, 0.25) is 0 Å². The van der Waals surface area contributed by atoms with Gasteiger partial charge >= 0.3 is 0 Å². The van der Waals surface area contributed by atoms with E-state index in [0.29, 0.717) is 11.1 Å². The number of hydrogen-bond donors (Lipinski definition) is 0. The van der Waals surface area contributed by atoms with Gasteiger partial charge in [0, 0.05) is 5.56 Å². The van der Waals surface area contributed by atoms with Crippen LogP contribution in [0.3, 0.4) is 0 Å². The summed E-state index contributed by atoms with van der Waals surface area (Å²) in [7, 11) is 0. The highest BCUT2D eigenvalue weighted by atomic mass is 35.5. The van der Waals surface area contributed by atoms with Gasteiger partial charge in [-0.2, -0.15) is 0 Å². The van der Waals surface area contributed by atoms with E-state index in [1.54, 1.807) is 24.3 Å². The van der Waals surface area contributed by atoms with Crippen molar-refractivity contribution >= 4 is 28.7 Å². The molecule has 3 heteroatoms. The lowest BCUT2D eigenvalue weighted by Crippen LogP contribution is -1.95. The molecule has 0 aliphatic rings. The van der Waals surface area contributed by atoms with Crippen molar-refractivity contribution in [3.8, 4) is 0 Å². The molecule has 1 aromatic carbocycles. The van der Waals surface area contributed by atoms with E-state index in [9.17, 15) is 9.59 Å². The maximum absolute atomic E-state index is 11.2. The molecule has 0 bridgehead atoms. The van der Waals surface area contributed by atoms with Gasteiger partial charge in [0.25, 0.3) is 0 Å². The standard InChI is InChI=1S/C11H9ClO2/c1-8(13)10-5-3-2-4-9(10)6-7-11(12)14/h2-7H,1H3. The van der Waals surface area contributed by atoms with Gasteiger partial charge in [-0.15, -0.1) is 0 Å². The van der Waals surface area contributed by atoms with Gasteiger partial charge in [-0.3, -0.25) is 9.59 Å². The fourth-order valence-corrected chi connectivity index (χ4v) is 1.18. The SMILES string of the molecule is CC(=O)c1ccccc1C=CC(=O)Cl. The van der Waals surface area contributed by atoms with E-state index >= 15 is 0 Å². The first-order valence-corrected chi connectivity index (χ1v) is 4.46. The molecule has 0 N–H and O–H groups in total. The van der Waals surface area contributed by atoms with Crippen LogP contribution in [0.15, 0.2) is 30.3 Å². The Kier molecular flexibility index (Phi) is 3.60. The fourth-order valence-electron chi connectivity index (χ4n) is 1.12. The molecule has 72 valence electrons. The number of halogens is 1. The number of allylic oxidation sites excluding steroid dienone is 1. The second-order valence-corrected chi connectivity index (χ2v) is 3.15. The summed E-state index contributed by atoms with van der Waals surface area (Å²) in [5.74, 6) is -0.0349. The van der Waals surface area contributed by atoms with Crippen molar-refractivity contribution in [2.75, 3.05) is 0 Å². The van der Waals surface area contributed by atoms with Gasteiger partial charge in [0.2, 0.25) is 5.24 Å². The highest BCUT2D eigenvalue weighted by Crippen LogP contribution is 2.11. The van der Waals surface area contributed by atoms with Gasteiger partial charge < -0.3 is 0 Å². The van der Waals surface area contributed by atoms with Crippen molar-refractivity contribution in [2.45, 2.75) is 6.92 Å². The van der Waals surface area contributed by atoms with Gasteiger partial charge in [0.05, 0.1) is 0 Å². The monoisotopic (exact) mass is 208 g/mol. The maximum Gasteiger partial charge on any atom is 0.245 e. The van der Waals surface area contributed by atoms with E-state index in [4.69, 9.17) is 11.6 Å². The fraction of sp³-hybridized carbons (Fsp3) is 0.0909. The predicted molar refractivity (Wildman–Crippen MR) is 56.3 cm³/mol. The molecule has 0 unspecified atom stereocenters. The maximum atomic E-state index is 11.2. The van der Waals surface area contributed by atoms with Crippen LogP contribution in [-0.4, -0.2) is 11.0 Å². The predicted octanol–water partition coefficient (Wildman–Crippen LogP) is 2.67. The van der Waals surface area contributed by atoms with Crippen molar-refractivity contribution in [3.05, 3.63) is 41.5 Å². The molecule has 0 fully saturated rings. The Hall–Kier alpha value is -1.41. The molecule has 0 aliphatic carbocycles. The summed E-state index contributed by atoms with van der Waals surface area (Å²) in [5.41, 5.74) is 1.29. The Bertz CT molecular complexity index is 394. The zero-order chi connectivity index (χ0) is 10.6. The number of carbonyl (C=O) groups excluding carboxylic acids is 2. The lowest BCUT2D eigenvalue weighted by atomic mass is 10.0. The summed E-state index contributed by atoms with van der Waals surface area (Å²) in [5, 5.41) is -0.552. The average Bonchev–Trinajstić information content (AvgIpc) is 2.15. The van der Waals surface area contributed by atoms with Crippen LogP contribution in [0.25, 0.3) is 6.08 Å². The quantitative estimate of drug-likeness (QED) is 0.435. The van der Waals surface area contributed by atoms with Gasteiger partial charge in [0.1, 0.15) is 0 Å². The van der Waals surface area contributed by atoms with Crippen LogP contribution < -0.4 is 0 Å². The minimum atomic E-state index is -0.552. The van der Waals surface area contributed by atoms with Crippen LogP contribution >= 0.6 is 11.6 Å². The zero-order valence-electron chi connectivity index (χ0n) is 7.66. The van der Waals surface area contributed by atoms with E-state index in [1.807, 2.05) is 0 Å². The summed E-state index contributed by atoms with van der Waals surface area (Å²) in [6, 6.07) is 7.04. The third kappa shape index (κ3) is 2.82. The van der Waals surface area contributed by atoms with Crippen molar-refractivity contribution in [1.82, 2.24) is 0 Å². The zero-order valence-corrected chi connectivity index (χ0v) is 8.41. The molecular weight excluding hydrogens is 200 g/mol. The Balaban J connectivity index is 3.07. The van der Waals surface area contributed by atoms with Gasteiger partial charge in [0.15, 0.2) is 5.78 Å². The highest BCUT2D eigenvalue weighted by molar-refractivity contribution is 6.66. The van der Waals surface area contributed by atoms with E-state index < -0.39 is 5.24 Å². The van der Waals surface area contributed by atoms with Crippen molar-refractivity contribution in [2.24, 2.45) is 0 Å². The number of rotatable bonds is 3. The van der Waals surface area contributed by atoms with Crippen LogP contribution in [0.5, 0.6) is 0 Å². The molecule has 0 atom stereocenters. The first-order chi connectivity index (χ1) is 6.61. The number of carbonyl (C=O) groups is 2. The Morgan fingerprint density at radius 1 is 1.29 bits per heavy atom. The minimum Gasteiger partial charge on any atom is -0.294 e. The Morgan fingerprint density at radius 2 is 1.93 bits per heavy atom. The molecule has 0 amide bonds. The van der Waals surface area contributed by atoms with Crippen molar-refractivity contribution in [3.63, 3.8) is 0 Å². The van der Waals surface area contributed by atoms with E-state index in [0.717, 1.165) is 0 Å². The number of benzene rings is 1. The molecule has 0 heterocycles. The summed E-state index contributed by atoms with van der Waals surface area (Å²) < 4.78 is 0. The molecule has 1 rings (SSSR count). The molecule has 0 spiro atoms. The first kappa shape index (κ1) is 10.7. The number of Topliss-reactive ketones (excluding diaryl/α,β-unsaturated/α-hetero) is 1. The molecular formula is C11H9ClO2. The summed E-state index contributed by atoms with van der Waals surface area (Å²) in [6.45, 7) is 1.48. The van der Waals surface area contributed by atoms with Crippen LogP contribution in [0.4, 0.5) is 0 Å². The minimum absolute atomic E-state index is 0.0349. The lowest BCUT2D eigenvalue weighted by Gasteiger charge is -1.99. The van der Waals surface area contributed by atoms with E-state index in [2.05, 4.69) is 0 Å². The van der Waals surface area contributed by atoms with E-state index in [1.165, 1.54) is 19.1 Å². The second kappa shape index (κ2) is 4.72. The van der Waals surface area contributed by atoms with Gasteiger partial charge in [-0.25, -0.2) is 0 Å².